The monoisotopic (exact) mass is 360 g/mol. The van der Waals surface area contributed by atoms with Crippen LogP contribution in [0.15, 0.2) is 35.5 Å². The maximum absolute atomic E-state index is 14.1. The molecule has 2 N–H and O–H groups in total. The number of nitrogens with one attached hydrogen (secondary N) is 2. The zero-order valence-electron chi connectivity index (χ0n) is 14.8. The topological polar surface area (TPSA) is 49.3 Å². The van der Waals surface area contributed by atoms with Gasteiger partial charge in [-0.05, 0) is 37.8 Å². The fourth-order valence-corrected chi connectivity index (χ4v) is 3.70. The van der Waals surface area contributed by atoms with E-state index in [1.807, 2.05) is 25.3 Å². The first-order valence-electron chi connectivity index (χ1n) is 8.87. The van der Waals surface area contributed by atoms with Gasteiger partial charge in [0.2, 0.25) is 0 Å². The zero-order valence-corrected chi connectivity index (χ0v) is 15.6. The van der Waals surface area contributed by atoms with Gasteiger partial charge in [0.25, 0.3) is 0 Å². The number of nitrogens with zero attached hydrogens (tertiary/aromatic N) is 2. The molecule has 0 aliphatic heterocycles. The third-order valence-electron chi connectivity index (χ3n) is 4.56. The van der Waals surface area contributed by atoms with Crippen molar-refractivity contribution in [3.8, 4) is 0 Å². The van der Waals surface area contributed by atoms with Crippen molar-refractivity contribution in [3.63, 3.8) is 0 Å². The van der Waals surface area contributed by atoms with Gasteiger partial charge < -0.3 is 10.6 Å². The standard InChI is InChI=1S/C19H25FN4S/c1-3-14-11-22-17(25-14)12-23-18(21-4-2)24-13-19(9-10-19)15-7-5-6-8-16(15)20/h5-8,11H,3-4,9-10,12-13H2,1-2H3,(H2,21,23,24). The van der Waals surface area contributed by atoms with E-state index in [4.69, 9.17) is 0 Å². The number of hydrogen-bond acceptors (Lipinski definition) is 3. The average molecular weight is 361 g/mol. The van der Waals surface area contributed by atoms with Crippen LogP contribution in [0.3, 0.4) is 0 Å². The van der Waals surface area contributed by atoms with Gasteiger partial charge >= 0.3 is 0 Å². The van der Waals surface area contributed by atoms with Gasteiger partial charge in [0, 0.05) is 29.6 Å². The Morgan fingerprint density at radius 1 is 1.28 bits per heavy atom. The summed E-state index contributed by atoms with van der Waals surface area (Å²) in [7, 11) is 0. The molecule has 1 fully saturated rings. The van der Waals surface area contributed by atoms with Crippen LogP contribution in [0.25, 0.3) is 0 Å². The van der Waals surface area contributed by atoms with Gasteiger partial charge in [0.1, 0.15) is 10.8 Å². The molecule has 1 aliphatic rings. The van der Waals surface area contributed by atoms with E-state index >= 15 is 0 Å². The highest BCUT2D eigenvalue weighted by Crippen LogP contribution is 2.48. The number of guanidine groups is 1. The second kappa shape index (κ2) is 7.95. The Kier molecular flexibility index (Phi) is 5.68. The number of hydrogen-bond donors (Lipinski definition) is 2. The predicted octanol–water partition coefficient (Wildman–Crippen LogP) is 3.63. The number of thiazole rings is 1. The molecule has 0 bridgehead atoms. The summed E-state index contributed by atoms with van der Waals surface area (Å²) in [5.74, 6) is 0.650. The molecule has 0 spiro atoms. The van der Waals surface area contributed by atoms with Crippen LogP contribution in [0.4, 0.5) is 4.39 Å². The minimum absolute atomic E-state index is 0.0991. The minimum atomic E-state index is -0.112. The van der Waals surface area contributed by atoms with Crippen molar-refractivity contribution in [2.45, 2.75) is 45.1 Å². The average Bonchev–Trinajstić information content (AvgIpc) is 3.27. The van der Waals surface area contributed by atoms with Crippen LogP contribution in [0, 0.1) is 5.82 Å². The van der Waals surface area contributed by atoms with Crippen LogP contribution in [0.5, 0.6) is 0 Å². The number of benzene rings is 1. The Labute approximate surface area is 152 Å². The summed E-state index contributed by atoms with van der Waals surface area (Å²) < 4.78 is 14.1. The summed E-state index contributed by atoms with van der Waals surface area (Å²) in [5.41, 5.74) is 0.712. The molecule has 1 aliphatic carbocycles. The van der Waals surface area contributed by atoms with E-state index in [1.165, 1.54) is 4.88 Å². The van der Waals surface area contributed by atoms with Crippen LogP contribution in [-0.2, 0) is 18.4 Å². The van der Waals surface area contributed by atoms with Crippen LogP contribution >= 0.6 is 11.3 Å². The molecule has 2 aromatic rings. The first kappa shape index (κ1) is 17.9. The zero-order chi connectivity index (χ0) is 17.7. The maximum atomic E-state index is 14.1. The van der Waals surface area contributed by atoms with Gasteiger partial charge in [-0.3, -0.25) is 0 Å². The third-order valence-corrected chi connectivity index (χ3v) is 5.69. The van der Waals surface area contributed by atoms with Crippen molar-refractivity contribution in [2.24, 2.45) is 4.99 Å². The van der Waals surface area contributed by atoms with Crippen LogP contribution in [-0.4, -0.2) is 24.0 Å². The van der Waals surface area contributed by atoms with Crippen molar-refractivity contribution in [2.75, 3.05) is 13.1 Å². The fourth-order valence-electron chi connectivity index (χ4n) is 2.91. The molecular weight excluding hydrogens is 335 g/mol. The molecule has 0 amide bonds. The largest absolute Gasteiger partial charge is 0.357 e. The summed E-state index contributed by atoms with van der Waals surface area (Å²) in [6.45, 7) is 6.21. The molecule has 25 heavy (non-hydrogen) atoms. The first-order chi connectivity index (χ1) is 12.2. The van der Waals surface area contributed by atoms with Crippen molar-refractivity contribution < 1.29 is 4.39 Å². The van der Waals surface area contributed by atoms with E-state index in [0.29, 0.717) is 13.1 Å². The third kappa shape index (κ3) is 4.37. The molecule has 0 saturated heterocycles. The summed E-state index contributed by atoms with van der Waals surface area (Å²) in [6.07, 6.45) is 4.94. The lowest BCUT2D eigenvalue weighted by molar-refractivity contribution is 0.559. The normalized spacial score (nSPS) is 15.9. The lowest BCUT2D eigenvalue weighted by Crippen LogP contribution is -2.41. The SMILES string of the molecule is CCNC(=NCc1ncc(CC)s1)NCC1(c2ccccc2F)CC1. The molecule has 1 aromatic heterocycles. The quantitative estimate of drug-likeness (QED) is 0.585. The van der Waals surface area contributed by atoms with Crippen molar-refractivity contribution >= 4 is 17.3 Å². The van der Waals surface area contributed by atoms with Crippen LogP contribution in [0.1, 0.15) is 42.1 Å². The second-order valence-corrected chi connectivity index (χ2v) is 7.58. The number of aryl methyl sites for hydroxylation is 1. The Hall–Kier alpha value is -1.95. The first-order valence-corrected chi connectivity index (χ1v) is 9.69. The Bertz CT molecular complexity index is 737. The fraction of sp³-hybridized carbons (Fsp3) is 0.474. The van der Waals surface area contributed by atoms with Crippen molar-refractivity contribution in [3.05, 3.63) is 51.7 Å². The Morgan fingerprint density at radius 3 is 2.72 bits per heavy atom. The summed E-state index contributed by atoms with van der Waals surface area (Å²) in [5, 5.41) is 7.67. The van der Waals surface area contributed by atoms with Gasteiger partial charge in [-0.2, -0.15) is 0 Å². The molecule has 134 valence electrons. The smallest absolute Gasteiger partial charge is 0.191 e. The van der Waals surface area contributed by atoms with Gasteiger partial charge in [-0.1, -0.05) is 25.1 Å². The summed E-state index contributed by atoms with van der Waals surface area (Å²) >= 11 is 1.70. The molecule has 1 aromatic carbocycles. The summed E-state index contributed by atoms with van der Waals surface area (Å²) in [6, 6.07) is 7.09. The van der Waals surface area contributed by atoms with Crippen molar-refractivity contribution in [1.82, 2.24) is 15.6 Å². The second-order valence-electron chi connectivity index (χ2n) is 6.38. The molecular formula is C19H25FN4S. The van der Waals surface area contributed by atoms with Crippen LogP contribution < -0.4 is 10.6 Å². The highest BCUT2D eigenvalue weighted by atomic mass is 32.1. The maximum Gasteiger partial charge on any atom is 0.191 e. The molecule has 0 unspecified atom stereocenters. The Morgan fingerprint density at radius 2 is 2.08 bits per heavy atom. The van der Waals surface area contributed by atoms with E-state index < -0.39 is 0 Å². The molecule has 1 saturated carbocycles. The highest BCUT2D eigenvalue weighted by Gasteiger charge is 2.45. The van der Waals surface area contributed by atoms with Gasteiger partial charge in [-0.25, -0.2) is 14.4 Å². The van der Waals surface area contributed by atoms with E-state index in [0.717, 1.165) is 42.3 Å². The summed E-state index contributed by atoms with van der Waals surface area (Å²) in [4.78, 5) is 10.3. The molecule has 4 nitrogen and oxygen atoms in total. The number of halogens is 1. The molecule has 1 heterocycles. The van der Waals surface area contributed by atoms with Gasteiger partial charge in [0.15, 0.2) is 5.96 Å². The lowest BCUT2D eigenvalue weighted by atomic mass is 9.95. The number of aliphatic imine (C=N–C) groups is 1. The van der Waals surface area contributed by atoms with Gasteiger partial charge in [-0.15, -0.1) is 11.3 Å². The van der Waals surface area contributed by atoms with Crippen LogP contribution in [0.2, 0.25) is 0 Å². The van der Waals surface area contributed by atoms with E-state index in [-0.39, 0.29) is 11.2 Å². The van der Waals surface area contributed by atoms with E-state index in [2.05, 4.69) is 27.5 Å². The molecule has 3 rings (SSSR count). The lowest BCUT2D eigenvalue weighted by Gasteiger charge is -2.19. The van der Waals surface area contributed by atoms with E-state index in [9.17, 15) is 4.39 Å². The molecule has 0 radical (unpaired) electrons. The van der Waals surface area contributed by atoms with Crippen molar-refractivity contribution in [1.29, 1.82) is 0 Å². The Balaban J connectivity index is 1.64. The minimum Gasteiger partial charge on any atom is -0.357 e. The number of aromatic nitrogens is 1. The van der Waals surface area contributed by atoms with Gasteiger partial charge in [0.05, 0.1) is 6.54 Å². The predicted molar refractivity (Wildman–Crippen MR) is 102 cm³/mol. The number of rotatable bonds is 7. The molecule has 0 atom stereocenters. The van der Waals surface area contributed by atoms with E-state index in [1.54, 1.807) is 23.5 Å². The molecule has 6 heteroatoms. The highest BCUT2D eigenvalue weighted by molar-refractivity contribution is 7.11.